The van der Waals surface area contributed by atoms with Crippen molar-refractivity contribution in [2.75, 3.05) is 6.61 Å². The first-order valence-corrected chi connectivity index (χ1v) is 8.08. The highest BCUT2D eigenvalue weighted by atomic mass is 16.5. The molecule has 6 nitrogen and oxygen atoms in total. The van der Waals surface area contributed by atoms with E-state index in [-0.39, 0.29) is 11.7 Å². The fraction of sp³-hybridized carbons (Fsp3) is 0.278. The zero-order valence-corrected chi connectivity index (χ0v) is 13.1. The molecule has 0 aliphatic carbocycles. The van der Waals surface area contributed by atoms with Gasteiger partial charge in [-0.05, 0) is 24.5 Å². The van der Waals surface area contributed by atoms with Gasteiger partial charge in [-0.15, -0.1) is 0 Å². The quantitative estimate of drug-likeness (QED) is 0.790. The predicted octanol–water partition coefficient (Wildman–Crippen LogP) is 1.35. The standard InChI is InChI=1S/C18H17N3O3/c22-17-15-14(12-5-2-1-3-6-12)8-9-19-16(15)21(18(23)20-17)11-13-7-4-10-24-13/h1-3,5-6,8-9,13H,4,7,10-11H2,(H,20,22,23)/p+1. The Bertz CT molecular complexity index is 986. The minimum absolute atomic E-state index is 0.00517. The van der Waals surface area contributed by atoms with Crippen molar-refractivity contribution in [1.29, 1.82) is 0 Å². The molecule has 0 spiro atoms. The summed E-state index contributed by atoms with van der Waals surface area (Å²) in [6.45, 7) is 1.15. The zero-order valence-electron chi connectivity index (χ0n) is 13.1. The van der Waals surface area contributed by atoms with Crippen molar-refractivity contribution < 1.29 is 9.72 Å². The van der Waals surface area contributed by atoms with E-state index in [4.69, 9.17) is 4.74 Å². The SMILES string of the molecule is O=c1[nH]c(=O)n(CC2CCCO2)c2[nH+]ccc(-c3ccccc3)c12. The van der Waals surface area contributed by atoms with Gasteiger partial charge >= 0.3 is 5.69 Å². The average Bonchev–Trinajstić information content (AvgIpc) is 3.12. The molecule has 2 N–H and O–H groups in total. The molecule has 122 valence electrons. The molecule has 24 heavy (non-hydrogen) atoms. The maximum absolute atomic E-state index is 12.5. The molecule has 3 aromatic rings. The Kier molecular flexibility index (Phi) is 3.74. The molecule has 1 aromatic carbocycles. The lowest BCUT2D eigenvalue weighted by atomic mass is 10.0. The number of rotatable bonds is 3. The summed E-state index contributed by atoms with van der Waals surface area (Å²) in [5, 5.41) is 0.487. The number of aromatic nitrogens is 3. The highest BCUT2D eigenvalue weighted by Gasteiger charge is 2.24. The second kappa shape index (κ2) is 6.05. The molecule has 0 saturated carbocycles. The summed E-state index contributed by atoms with van der Waals surface area (Å²) in [5.41, 5.74) is 1.47. The van der Waals surface area contributed by atoms with E-state index in [1.165, 1.54) is 0 Å². The lowest BCUT2D eigenvalue weighted by Crippen LogP contribution is -2.36. The number of pyridine rings is 1. The number of hydrogen-bond donors (Lipinski definition) is 1. The van der Waals surface area contributed by atoms with E-state index in [1.807, 2.05) is 36.4 Å². The third-order valence-electron chi connectivity index (χ3n) is 4.43. The van der Waals surface area contributed by atoms with E-state index >= 15 is 0 Å². The van der Waals surface area contributed by atoms with Crippen LogP contribution in [0.4, 0.5) is 0 Å². The van der Waals surface area contributed by atoms with Crippen molar-refractivity contribution in [3.05, 3.63) is 63.4 Å². The lowest BCUT2D eigenvalue weighted by Gasteiger charge is -2.09. The lowest BCUT2D eigenvalue weighted by molar-refractivity contribution is -0.350. The Labute approximate surface area is 137 Å². The number of fused-ring (bicyclic) bond motifs is 1. The van der Waals surface area contributed by atoms with Gasteiger partial charge in [0.25, 0.3) is 11.2 Å². The Morgan fingerprint density at radius 2 is 2.04 bits per heavy atom. The Hall–Kier alpha value is -2.73. The van der Waals surface area contributed by atoms with E-state index < -0.39 is 5.69 Å². The molecule has 0 bridgehead atoms. The van der Waals surface area contributed by atoms with Crippen molar-refractivity contribution in [2.24, 2.45) is 0 Å². The van der Waals surface area contributed by atoms with Gasteiger partial charge in [0, 0.05) is 12.2 Å². The van der Waals surface area contributed by atoms with Crippen molar-refractivity contribution in [3.8, 4) is 11.1 Å². The molecular weight excluding hydrogens is 306 g/mol. The topological polar surface area (TPSA) is 78.2 Å². The number of aromatic amines is 2. The highest BCUT2D eigenvalue weighted by Crippen LogP contribution is 2.23. The zero-order chi connectivity index (χ0) is 16.5. The van der Waals surface area contributed by atoms with Crippen LogP contribution in [0.25, 0.3) is 22.2 Å². The summed E-state index contributed by atoms with van der Waals surface area (Å²) in [7, 11) is 0. The van der Waals surface area contributed by atoms with Crippen LogP contribution in [0.1, 0.15) is 12.8 Å². The number of ether oxygens (including phenoxy) is 1. The van der Waals surface area contributed by atoms with Crippen molar-refractivity contribution in [3.63, 3.8) is 0 Å². The van der Waals surface area contributed by atoms with Gasteiger partial charge in [0.15, 0.2) is 0 Å². The number of nitrogens with one attached hydrogen (secondary N) is 2. The molecule has 1 atom stereocenters. The predicted molar refractivity (Wildman–Crippen MR) is 89.8 cm³/mol. The van der Waals surface area contributed by atoms with Crippen molar-refractivity contribution in [2.45, 2.75) is 25.5 Å². The average molecular weight is 324 g/mol. The Morgan fingerprint density at radius 1 is 1.21 bits per heavy atom. The summed E-state index contributed by atoms with van der Waals surface area (Å²) < 4.78 is 7.21. The molecule has 3 heterocycles. The van der Waals surface area contributed by atoms with Gasteiger partial charge in [0.05, 0.1) is 12.3 Å². The first-order valence-electron chi connectivity index (χ1n) is 8.08. The van der Waals surface area contributed by atoms with E-state index in [9.17, 15) is 9.59 Å². The fourth-order valence-electron chi connectivity index (χ4n) is 3.28. The maximum atomic E-state index is 12.5. The third kappa shape index (κ3) is 2.55. The van der Waals surface area contributed by atoms with Crippen LogP contribution < -0.4 is 16.2 Å². The smallest absolute Gasteiger partial charge is 0.374 e. The van der Waals surface area contributed by atoms with Crippen LogP contribution in [0.3, 0.4) is 0 Å². The maximum Gasteiger partial charge on any atom is 0.415 e. The Balaban J connectivity index is 1.95. The van der Waals surface area contributed by atoms with E-state index in [2.05, 4.69) is 9.97 Å². The first kappa shape index (κ1) is 14.8. The molecule has 1 saturated heterocycles. The normalized spacial score (nSPS) is 17.4. The molecular formula is C18H18N3O3+. The van der Waals surface area contributed by atoms with Crippen LogP contribution in [0.2, 0.25) is 0 Å². The molecule has 1 unspecified atom stereocenters. The van der Waals surface area contributed by atoms with Gasteiger partial charge in [0.2, 0.25) is 0 Å². The summed E-state index contributed by atoms with van der Waals surface area (Å²) in [6.07, 6.45) is 3.69. The molecule has 1 aliphatic heterocycles. The van der Waals surface area contributed by atoms with Crippen molar-refractivity contribution in [1.82, 2.24) is 9.55 Å². The molecule has 2 aromatic heterocycles. The molecule has 0 amide bonds. The second-order valence-electron chi connectivity index (χ2n) is 5.99. The van der Waals surface area contributed by atoms with Gasteiger partial charge in [-0.2, -0.15) is 4.57 Å². The van der Waals surface area contributed by atoms with Crippen LogP contribution in [0, 0.1) is 0 Å². The van der Waals surface area contributed by atoms with Gasteiger partial charge in [-0.1, -0.05) is 30.3 Å². The highest BCUT2D eigenvalue weighted by molar-refractivity contribution is 5.90. The Morgan fingerprint density at radius 3 is 2.79 bits per heavy atom. The number of hydrogen-bond acceptors (Lipinski definition) is 3. The summed E-state index contributed by atoms with van der Waals surface area (Å²) in [6, 6.07) is 11.5. The number of nitrogens with zero attached hydrogens (tertiary/aromatic N) is 1. The first-order chi connectivity index (χ1) is 11.7. The van der Waals surface area contributed by atoms with Crippen LogP contribution in [-0.2, 0) is 11.3 Å². The van der Waals surface area contributed by atoms with Gasteiger partial charge < -0.3 is 4.74 Å². The monoisotopic (exact) mass is 324 g/mol. The van der Waals surface area contributed by atoms with Gasteiger partial charge in [0.1, 0.15) is 11.9 Å². The number of H-pyrrole nitrogens is 2. The van der Waals surface area contributed by atoms with Crippen molar-refractivity contribution >= 4 is 11.0 Å². The molecule has 0 radical (unpaired) electrons. The van der Waals surface area contributed by atoms with Crippen LogP contribution in [0.15, 0.2) is 52.2 Å². The number of benzene rings is 1. The minimum Gasteiger partial charge on any atom is -0.374 e. The van der Waals surface area contributed by atoms with Gasteiger partial charge in [-0.25, -0.2) is 9.78 Å². The van der Waals surface area contributed by atoms with E-state index in [0.717, 1.165) is 30.6 Å². The summed E-state index contributed by atoms with van der Waals surface area (Å²) >= 11 is 0. The van der Waals surface area contributed by atoms with Crippen LogP contribution in [0.5, 0.6) is 0 Å². The molecule has 1 fully saturated rings. The van der Waals surface area contributed by atoms with E-state index in [0.29, 0.717) is 17.6 Å². The largest absolute Gasteiger partial charge is 0.415 e. The van der Waals surface area contributed by atoms with Crippen LogP contribution in [-0.4, -0.2) is 22.3 Å². The third-order valence-corrected chi connectivity index (χ3v) is 4.43. The molecule has 6 heteroatoms. The summed E-state index contributed by atoms with van der Waals surface area (Å²) in [4.78, 5) is 30.3. The fourth-order valence-corrected chi connectivity index (χ4v) is 3.28. The molecule has 1 aliphatic rings. The summed E-state index contributed by atoms with van der Waals surface area (Å²) in [5.74, 6) is 0. The molecule has 4 rings (SSSR count). The second-order valence-corrected chi connectivity index (χ2v) is 5.99. The minimum atomic E-state index is -0.413. The van der Waals surface area contributed by atoms with Crippen LogP contribution >= 0.6 is 0 Å². The van der Waals surface area contributed by atoms with Gasteiger partial charge in [-0.3, -0.25) is 9.78 Å². The van der Waals surface area contributed by atoms with E-state index in [1.54, 1.807) is 10.8 Å².